The van der Waals surface area contributed by atoms with Crippen LogP contribution in [0.15, 0.2) is 0 Å². The first-order valence-electron chi connectivity index (χ1n) is 4.53. The number of nitrogens with one attached hydrogen (secondary N) is 1. The van der Waals surface area contributed by atoms with Crippen molar-refractivity contribution in [3.8, 4) is 0 Å². The highest BCUT2D eigenvalue weighted by atomic mass is 16.4. The zero-order valence-corrected chi connectivity index (χ0v) is 7.91. The number of rotatable bonds is 3. The van der Waals surface area contributed by atoms with Crippen LogP contribution < -0.4 is 5.32 Å². The van der Waals surface area contributed by atoms with Crippen LogP contribution >= 0.6 is 0 Å². The van der Waals surface area contributed by atoms with Crippen molar-refractivity contribution in [3.05, 3.63) is 0 Å². The van der Waals surface area contributed by atoms with Crippen LogP contribution in [0.2, 0.25) is 0 Å². The van der Waals surface area contributed by atoms with Crippen molar-refractivity contribution >= 4 is 11.9 Å². The lowest BCUT2D eigenvalue weighted by Gasteiger charge is -2.16. The highest BCUT2D eigenvalue weighted by Crippen LogP contribution is 2.24. The average Bonchev–Trinajstić information content (AvgIpc) is 2.29. The molecule has 0 aromatic carbocycles. The molecule has 0 radical (unpaired) electrons. The number of carboxylic acids is 1. The summed E-state index contributed by atoms with van der Waals surface area (Å²) in [6, 6.07) is -0.671. The van der Waals surface area contributed by atoms with Gasteiger partial charge in [-0.2, -0.15) is 0 Å². The van der Waals surface area contributed by atoms with Crippen molar-refractivity contribution in [2.75, 3.05) is 0 Å². The summed E-state index contributed by atoms with van der Waals surface area (Å²) in [4.78, 5) is 21.7. The molecule has 13 heavy (non-hydrogen) atoms. The molecule has 1 amide bonds. The van der Waals surface area contributed by atoms with Gasteiger partial charge in [-0.3, -0.25) is 4.79 Å². The van der Waals surface area contributed by atoms with Crippen molar-refractivity contribution < 1.29 is 14.7 Å². The third kappa shape index (κ3) is 2.44. The van der Waals surface area contributed by atoms with Crippen molar-refractivity contribution in [3.63, 3.8) is 0 Å². The zero-order valence-electron chi connectivity index (χ0n) is 7.91. The van der Waals surface area contributed by atoms with E-state index in [2.05, 4.69) is 5.32 Å². The van der Waals surface area contributed by atoms with E-state index in [1.54, 1.807) is 0 Å². The normalized spacial score (nSPS) is 27.8. The van der Waals surface area contributed by atoms with Gasteiger partial charge in [-0.1, -0.05) is 13.8 Å². The molecule has 1 rings (SSSR count). The van der Waals surface area contributed by atoms with Crippen LogP contribution in [0.3, 0.4) is 0 Å². The first kappa shape index (κ1) is 10.0. The zero-order chi connectivity index (χ0) is 10.0. The van der Waals surface area contributed by atoms with Gasteiger partial charge in [0.05, 0.1) is 0 Å². The fourth-order valence-electron chi connectivity index (χ4n) is 1.79. The minimum absolute atomic E-state index is 0.0370. The largest absolute Gasteiger partial charge is 0.480 e. The van der Waals surface area contributed by atoms with Crippen LogP contribution in [0, 0.1) is 11.8 Å². The average molecular weight is 185 g/mol. The molecule has 0 aromatic rings. The third-order valence-electron chi connectivity index (χ3n) is 2.28. The number of carbonyl (C=O) groups excluding carboxylic acids is 1. The standard InChI is InChI=1S/C9H15NO3/c1-5(2)3-6-4-7(11)10-8(6)9(12)13/h5-6,8H,3-4H2,1-2H3,(H,10,11)(H,12,13)/t6-,8-/m1/s1. The Morgan fingerprint density at radius 2 is 2.31 bits per heavy atom. The van der Waals surface area contributed by atoms with E-state index in [0.717, 1.165) is 6.42 Å². The Morgan fingerprint density at radius 1 is 1.69 bits per heavy atom. The quantitative estimate of drug-likeness (QED) is 0.677. The molecule has 2 atom stereocenters. The molecule has 74 valence electrons. The van der Waals surface area contributed by atoms with Gasteiger partial charge in [-0.15, -0.1) is 0 Å². The van der Waals surface area contributed by atoms with Gasteiger partial charge < -0.3 is 10.4 Å². The van der Waals surface area contributed by atoms with Crippen LogP contribution in [0.5, 0.6) is 0 Å². The summed E-state index contributed by atoms with van der Waals surface area (Å²) in [6.45, 7) is 4.06. The summed E-state index contributed by atoms with van der Waals surface area (Å²) >= 11 is 0. The number of hydrogen-bond donors (Lipinski definition) is 2. The number of aliphatic carboxylic acids is 1. The molecule has 1 aliphatic rings. The van der Waals surface area contributed by atoms with Gasteiger partial charge in [0.1, 0.15) is 6.04 Å². The Hall–Kier alpha value is -1.06. The second kappa shape index (κ2) is 3.77. The summed E-state index contributed by atoms with van der Waals surface area (Å²) in [5.74, 6) is -0.667. The van der Waals surface area contributed by atoms with Crippen molar-refractivity contribution in [1.82, 2.24) is 5.32 Å². The number of hydrogen-bond acceptors (Lipinski definition) is 2. The Morgan fingerprint density at radius 3 is 2.77 bits per heavy atom. The summed E-state index contributed by atoms with van der Waals surface area (Å²) in [7, 11) is 0. The molecule has 1 aliphatic heterocycles. The Balaban J connectivity index is 2.60. The maximum absolute atomic E-state index is 11.0. The topological polar surface area (TPSA) is 66.4 Å². The van der Waals surface area contributed by atoms with Gasteiger partial charge in [0.15, 0.2) is 0 Å². The maximum atomic E-state index is 11.0. The van der Waals surface area contributed by atoms with Crippen LogP contribution in [-0.2, 0) is 9.59 Å². The molecule has 0 aliphatic carbocycles. The predicted molar refractivity (Wildman–Crippen MR) is 47.1 cm³/mol. The highest BCUT2D eigenvalue weighted by Gasteiger charge is 2.37. The Bertz CT molecular complexity index is 225. The molecule has 0 unspecified atom stereocenters. The van der Waals surface area contributed by atoms with E-state index >= 15 is 0 Å². The number of carboxylic acid groups (broad SMARTS) is 1. The monoisotopic (exact) mass is 185 g/mol. The van der Waals surface area contributed by atoms with Crippen molar-refractivity contribution in [2.24, 2.45) is 11.8 Å². The summed E-state index contributed by atoms with van der Waals surface area (Å²) in [5, 5.41) is 11.3. The lowest BCUT2D eigenvalue weighted by Crippen LogP contribution is -2.37. The van der Waals surface area contributed by atoms with E-state index in [1.807, 2.05) is 13.8 Å². The van der Waals surface area contributed by atoms with Crippen molar-refractivity contribution in [2.45, 2.75) is 32.7 Å². The second-order valence-corrected chi connectivity index (χ2v) is 3.98. The van der Waals surface area contributed by atoms with Gasteiger partial charge in [-0.05, 0) is 18.3 Å². The summed E-state index contributed by atoms with van der Waals surface area (Å²) in [6.07, 6.45) is 1.14. The number of amides is 1. The first-order chi connectivity index (χ1) is 6.00. The maximum Gasteiger partial charge on any atom is 0.326 e. The molecule has 2 N–H and O–H groups in total. The minimum Gasteiger partial charge on any atom is -0.480 e. The molecule has 0 bridgehead atoms. The summed E-state index contributed by atoms with van der Waals surface area (Å²) in [5.41, 5.74) is 0. The lowest BCUT2D eigenvalue weighted by molar-refractivity contribution is -0.141. The summed E-state index contributed by atoms with van der Waals surface area (Å²) < 4.78 is 0. The molecule has 4 nitrogen and oxygen atoms in total. The van der Waals surface area contributed by atoms with E-state index in [1.165, 1.54) is 0 Å². The lowest BCUT2D eigenvalue weighted by atomic mass is 9.91. The van der Waals surface area contributed by atoms with Gasteiger partial charge in [0.2, 0.25) is 5.91 Å². The molecule has 1 fully saturated rings. The van der Waals surface area contributed by atoms with Crippen LogP contribution in [0.1, 0.15) is 26.7 Å². The minimum atomic E-state index is -0.920. The third-order valence-corrected chi connectivity index (χ3v) is 2.28. The van der Waals surface area contributed by atoms with Gasteiger partial charge in [0, 0.05) is 6.42 Å². The van der Waals surface area contributed by atoms with Gasteiger partial charge in [-0.25, -0.2) is 4.79 Å². The second-order valence-electron chi connectivity index (χ2n) is 3.98. The molecule has 0 aromatic heterocycles. The molecular formula is C9H15NO3. The fraction of sp³-hybridized carbons (Fsp3) is 0.778. The smallest absolute Gasteiger partial charge is 0.326 e. The van der Waals surface area contributed by atoms with E-state index < -0.39 is 12.0 Å². The van der Waals surface area contributed by atoms with E-state index in [-0.39, 0.29) is 11.8 Å². The van der Waals surface area contributed by atoms with E-state index in [4.69, 9.17) is 5.11 Å². The number of carbonyl (C=O) groups is 2. The van der Waals surface area contributed by atoms with E-state index in [9.17, 15) is 9.59 Å². The Kier molecular flexibility index (Phi) is 2.90. The van der Waals surface area contributed by atoms with Gasteiger partial charge in [0.25, 0.3) is 0 Å². The molecule has 4 heteroatoms. The highest BCUT2D eigenvalue weighted by molar-refractivity contribution is 5.87. The van der Waals surface area contributed by atoms with Gasteiger partial charge >= 0.3 is 5.97 Å². The molecule has 0 saturated carbocycles. The predicted octanol–water partition coefficient (Wildman–Crippen LogP) is 0.622. The van der Waals surface area contributed by atoms with Crippen LogP contribution in [0.25, 0.3) is 0 Å². The van der Waals surface area contributed by atoms with Crippen LogP contribution in [0.4, 0.5) is 0 Å². The Labute approximate surface area is 77.3 Å². The molecular weight excluding hydrogens is 170 g/mol. The molecule has 1 heterocycles. The van der Waals surface area contributed by atoms with E-state index in [0.29, 0.717) is 12.3 Å². The van der Waals surface area contributed by atoms with Crippen molar-refractivity contribution in [1.29, 1.82) is 0 Å². The van der Waals surface area contributed by atoms with Crippen LogP contribution in [-0.4, -0.2) is 23.0 Å². The first-order valence-corrected chi connectivity index (χ1v) is 4.53. The fourth-order valence-corrected chi connectivity index (χ4v) is 1.79. The SMILES string of the molecule is CC(C)C[C@@H]1CC(=O)N[C@H]1C(=O)O. The molecule has 1 saturated heterocycles. The molecule has 0 spiro atoms.